The fourth-order valence-corrected chi connectivity index (χ4v) is 4.15. The Labute approximate surface area is 189 Å². The molecule has 0 aliphatic carbocycles. The minimum absolute atomic E-state index is 0.382. The number of hydrogen-bond donors (Lipinski definition) is 2. The summed E-state index contributed by atoms with van der Waals surface area (Å²) in [7, 11) is 0. The lowest BCUT2D eigenvalue weighted by Gasteiger charge is -2.20. The summed E-state index contributed by atoms with van der Waals surface area (Å²) >= 11 is 0. The predicted octanol–water partition coefficient (Wildman–Crippen LogP) is 8.26. The first kappa shape index (κ1) is 25.1. The second-order valence-corrected chi connectivity index (χ2v) is 8.60. The Balaban J connectivity index is 2.50. The van der Waals surface area contributed by atoms with Crippen molar-refractivity contribution in [1.82, 2.24) is 0 Å². The van der Waals surface area contributed by atoms with Crippen molar-refractivity contribution in [2.45, 2.75) is 105 Å². The molecule has 31 heavy (non-hydrogen) atoms. The molecule has 0 unspecified atom stereocenters. The van der Waals surface area contributed by atoms with Crippen LogP contribution in [-0.2, 0) is 25.7 Å². The molecule has 0 saturated carbocycles. The summed E-state index contributed by atoms with van der Waals surface area (Å²) in [5.74, 6) is 2.46. The fourth-order valence-electron chi connectivity index (χ4n) is 4.15. The minimum atomic E-state index is 0.382. The molecule has 3 heteroatoms. The highest BCUT2D eigenvalue weighted by Crippen LogP contribution is 2.39. The molecule has 2 aromatic carbocycles. The van der Waals surface area contributed by atoms with Gasteiger partial charge >= 0.3 is 0 Å². The fraction of sp³-hybridized carbons (Fsp3) is 0.571. The molecule has 0 aliphatic rings. The van der Waals surface area contributed by atoms with Crippen LogP contribution in [0.25, 0.3) is 0 Å². The van der Waals surface area contributed by atoms with Crippen LogP contribution in [-0.4, -0.2) is 10.2 Å². The van der Waals surface area contributed by atoms with Crippen LogP contribution in [0.1, 0.15) is 101 Å². The summed E-state index contributed by atoms with van der Waals surface area (Å²) in [4.78, 5) is 0. The van der Waals surface area contributed by atoms with Gasteiger partial charge in [-0.2, -0.15) is 0 Å². The van der Waals surface area contributed by atoms with E-state index in [4.69, 9.17) is 4.74 Å². The number of aromatic hydroxyl groups is 2. The lowest BCUT2D eigenvalue weighted by atomic mass is 9.95. The van der Waals surface area contributed by atoms with E-state index in [9.17, 15) is 10.2 Å². The molecule has 0 amide bonds. The number of benzene rings is 2. The van der Waals surface area contributed by atoms with Gasteiger partial charge in [-0.1, -0.05) is 53.4 Å². The zero-order chi connectivity index (χ0) is 22.6. The highest BCUT2D eigenvalue weighted by atomic mass is 16.5. The summed E-state index contributed by atoms with van der Waals surface area (Å²) in [6, 6.07) is 7.38. The zero-order valence-corrected chi connectivity index (χ0v) is 20.1. The zero-order valence-electron chi connectivity index (χ0n) is 20.1. The third-order valence-electron chi connectivity index (χ3n) is 6.07. The van der Waals surface area contributed by atoms with Crippen LogP contribution in [0.15, 0.2) is 24.3 Å². The molecule has 2 rings (SSSR count). The van der Waals surface area contributed by atoms with Crippen molar-refractivity contribution in [1.29, 1.82) is 0 Å². The van der Waals surface area contributed by atoms with Gasteiger partial charge in [0.05, 0.1) is 0 Å². The standard InChI is InChI=1S/C28H42O3/c1-5-9-13-21-23(15-11-7-3)27(19-17-25(21)29)31-28-20-18-26(30)22(14-10-6-2)24(28)16-12-8-4/h17-20,29-30H,5-16H2,1-4H3. The Morgan fingerprint density at radius 3 is 1.16 bits per heavy atom. The molecule has 0 bridgehead atoms. The molecule has 0 heterocycles. The monoisotopic (exact) mass is 426 g/mol. The first-order chi connectivity index (χ1) is 15.1. The SMILES string of the molecule is CCCCc1c(O)ccc(Oc2ccc(O)c(CCCC)c2CCCC)c1CCCC. The third-order valence-corrected chi connectivity index (χ3v) is 6.07. The van der Waals surface area contributed by atoms with Gasteiger partial charge in [0.2, 0.25) is 0 Å². The molecule has 0 fully saturated rings. The number of rotatable bonds is 14. The summed E-state index contributed by atoms with van der Waals surface area (Å²) in [5, 5.41) is 21.1. The topological polar surface area (TPSA) is 49.7 Å². The van der Waals surface area contributed by atoms with Crippen LogP contribution >= 0.6 is 0 Å². The van der Waals surface area contributed by atoms with Crippen LogP contribution in [0.4, 0.5) is 0 Å². The van der Waals surface area contributed by atoms with Gasteiger partial charge in [-0.05, 0) is 75.6 Å². The van der Waals surface area contributed by atoms with E-state index in [1.165, 1.54) is 0 Å². The van der Waals surface area contributed by atoms with Crippen molar-refractivity contribution in [3.05, 3.63) is 46.5 Å². The van der Waals surface area contributed by atoms with E-state index in [-0.39, 0.29) is 0 Å². The van der Waals surface area contributed by atoms with Crippen LogP contribution in [0.3, 0.4) is 0 Å². The van der Waals surface area contributed by atoms with Crippen molar-refractivity contribution in [2.75, 3.05) is 0 Å². The van der Waals surface area contributed by atoms with Crippen molar-refractivity contribution in [2.24, 2.45) is 0 Å². The quantitative estimate of drug-likeness (QED) is 0.319. The molecular formula is C28H42O3. The second kappa shape index (κ2) is 13.3. The molecule has 3 nitrogen and oxygen atoms in total. The van der Waals surface area contributed by atoms with Gasteiger partial charge in [0.25, 0.3) is 0 Å². The summed E-state index contributed by atoms with van der Waals surface area (Å²) in [6.45, 7) is 8.74. The highest BCUT2D eigenvalue weighted by molar-refractivity contribution is 5.53. The molecule has 0 radical (unpaired) electrons. The molecule has 0 atom stereocenters. The van der Waals surface area contributed by atoms with Gasteiger partial charge in [-0.3, -0.25) is 0 Å². The largest absolute Gasteiger partial charge is 0.508 e. The summed E-state index contributed by atoms with van der Waals surface area (Å²) < 4.78 is 6.56. The van der Waals surface area contributed by atoms with Crippen LogP contribution in [0.2, 0.25) is 0 Å². The normalized spacial score (nSPS) is 11.1. The summed E-state index contributed by atoms with van der Waals surface area (Å²) in [6.07, 6.45) is 12.2. The predicted molar refractivity (Wildman–Crippen MR) is 131 cm³/mol. The van der Waals surface area contributed by atoms with Crippen LogP contribution in [0, 0.1) is 0 Å². The average Bonchev–Trinajstić information content (AvgIpc) is 2.77. The minimum Gasteiger partial charge on any atom is -0.508 e. The maximum atomic E-state index is 10.6. The Bertz CT molecular complexity index is 743. The summed E-state index contributed by atoms with van der Waals surface area (Å²) in [5.41, 5.74) is 4.35. The number of unbranched alkanes of at least 4 members (excludes halogenated alkanes) is 4. The number of phenolic OH excluding ortho intramolecular Hbond substituents is 2. The molecular weight excluding hydrogens is 384 g/mol. The third kappa shape index (κ3) is 6.92. The molecule has 2 aromatic rings. The molecule has 0 saturated heterocycles. The van der Waals surface area contributed by atoms with Crippen LogP contribution in [0.5, 0.6) is 23.0 Å². The van der Waals surface area contributed by atoms with Gasteiger partial charge < -0.3 is 14.9 Å². The van der Waals surface area contributed by atoms with E-state index in [1.807, 2.05) is 12.1 Å². The molecule has 0 aliphatic heterocycles. The lowest BCUT2D eigenvalue weighted by molar-refractivity contribution is 0.440. The van der Waals surface area contributed by atoms with E-state index in [2.05, 4.69) is 27.7 Å². The highest BCUT2D eigenvalue weighted by Gasteiger charge is 2.18. The molecule has 2 N–H and O–H groups in total. The first-order valence-corrected chi connectivity index (χ1v) is 12.4. The lowest BCUT2D eigenvalue weighted by Crippen LogP contribution is -2.03. The van der Waals surface area contributed by atoms with Gasteiger partial charge in [0.1, 0.15) is 23.0 Å². The average molecular weight is 427 g/mol. The Morgan fingerprint density at radius 1 is 0.516 bits per heavy atom. The van der Waals surface area contributed by atoms with Crippen molar-refractivity contribution in [3.63, 3.8) is 0 Å². The number of ether oxygens (including phenoxy) is 1. The Kier molecular flexibility index (Phi) is 10.8. The molecule has 172 valence electrons. The first-order valence-electron chi connectivity index (χ1n) is 12.4. The van der Waals surface area contributed by atoms with E-state index in [1.54, 1.807) is 12.1 Å². The van der Waals surface area contributed by atoms with Crippen molar-refractivity contribution < 1.29 is 14.9 Å². The Hall–Kier alpha value is -2.16. The molecule has 0 aromatic heterocycles. The van der Waals surface area contributed by atoms with Gasteiger partial charge in [0, 0.05) is 22.3 Å². The van der Waals surface area contributed by atoms with E-state index >= 15 is 0 Å². The number of hydrogen-bond acceptors (Lipinski definition) is 3. The van der Waals surface area contributed by atoms with Crippen LogP contribution < -0.4 is 4.74 Å². The maximum Gasteiger partial charge on any atom is 0.131 e. The maximum absolute atomic E-state index is 10.6. The van der Waals surface area contributed by atoms with Gasteiger partial charge in [-0.15, -0.1) is 0 Å². The van der Waals surface area contributed by atoms with E-state index in [0.717, 1.165) is 111 Å². The smallest absolute Gasteiger partial charge is 0.131 e. The van der Waals surface area contributed by atoms with E-state index < -0.39 is 0 Å². The van der Waals surface area contributed by atoms with E-state index in [0.29, 0.717) is 11.5 Å². The van der Waals surface area contributed by atoms with Gasteiger partial charge in [0.15, 0.2) is 0 Å². The van der Waals surface area contributed by atoms with Crippen molar-refractivity contribution in [3.8, 4) is 23.0 Å². The van der Waals surface area contributed by atoms with Gasteiger partial charge in [-0.25, -0.2) is 0 Å². The Morgan fingerprint density at radius 2 is 0.839 bits per heavy atom. The second-order valence-electron chi connectivity index (χ2n) is 8.60. The molecule has 0 spiro atoms. The number of phenols is 2. The van der Waals surface area contributed by atoms with Crippen molar-refractivity contribution >= 4 is 0 Å².